The van der Waals surface area contributed by atoms with E-state index < -0.39 is 10.0 Å². The Bertz CT molecular complexity index is 711. The molecule has 2 heterocycles. The predicted molar refractivity (Wildman–Crippen MR) is 83.1 cm³/mol. The zero-order chi connectivity index (χ0) is 15.7. The lowest BCUT2D eigenvalue weighted by molar-refractivity contribution is 0.408. The summed E-state index contributed by atoms with van der Waals surface area (Å²) in [6.07, 6.45) is 0. The van der Waals surface area contributed by atoms with E-state index in [4.69, 9.17) is 4.42 Å². The first-order valence-electron chi connectivity index (χ1n) is 6.44. The van der Waals surface area contributed by atoms with E-state index in [2.05, 4.69) is 15.0 Å². The number of nitrogens with one attached hydrogen (secondary N) is 2. The van der Waals surface area contributed by atoms with Crippen molar-refractivity contribution >= 4 is 26.5 Å². The zero-order valence-electron chi connectivity index (χ0n) is 12.4. The molecule has 116 valence electrons. The van der Waals surface area contributed by atoms with E-state index in [9.17, 15) is 8.42 Å². The van der Waals surface area contributed by atoms with Gasteiger partial charge in [0, 0.05) is 10.8 Å². The maximum atomic E-state index is 12.2. The van der Waals surface area contributed by atoms with Gasteiger partial charge in [-0.15, -0.1) is 11.3 Å². The summed E-state index contributed by atoms with van der Waals surface area (Å²) in [5.74, 6) is 0.562. The van der Waals surface area contributed by atoms with Crippen LogP contribution in [0.1, 0.15) is 32.2 Å². The molecule has 0 aliphatic rings. The van der Waals surface area contributed by atoms with Gasteiger partial charge in [0.15, 0.2) is 5.13 Å². The number of aromatic nitrogens is 1. The number of anilines is 1. The standard InChI is InChI=1S/C13H19N3O3S2/c1-13(2,3)10-8-20-12(15-10)16-21(17,18)11-6-5-9(19-11)7-14-4/h5-6,8,14H,7H2,1-4H3,(H,15,16). The zero-order valence-corrected chi connectivity index (χ0v) is 14.1. The number of nitrogens with zero attached hydrogens (tertiary/aromatic N) is 1. The van der Waals surface area contributed by atoms with Crippen molar-refractivity contribution in [3.05, 3.63) is 29.0 Å². The molecule has 8 heteroatoms. The van der Waals surface area contributed by atoms with E-state index >= 15 is 0 Å². The van der Waals surface area contributed by atoms with Gasteiger partial charge in [0.05, 0.1) is 12.2 Å². The van der Waals surface area contributed by atoms with Gasteiger partial charge in [-0.1, -0.05) is 20.8 Å². The maximum absolute atomic E-state index is 12.2. The van der Waals surface area contributed by atoms with Gasteiger partial charge in [-0.05, 0) is 19.2 Å². The molecule has 0 unspecified atom stereocenters. The Morgan fingerprint density at radius 3 is 2.62 bits per heavy atom. The number of hydrogen-bond donors (Lipinski definition) is 2. The van der Waals surface area contributed by atoms with Crippen LogP contribution in [-0.4, -0.2) is 20.4 Å². The summed E-state index contributed by atoms with van der Waals surface area (Å²) in [7, 11) is -1.98. The quantitative estimate of drug-likeness (QED) is 0.880. The minimum absolute atomic E-state index is 0.111. The van der Waals surface area contributed by atoms with Gasteiger partial charge in [-0.3, -0.25) is 4.72 Å². The lowest BCUT2D eigenvalue weighted by Crippen LogP contribution is -2.14. The van der Waals surface area contributed by atoms with Gasteiger partial charge >= 0.3 is 0 Å². The molecule has 0 aromatic carbocycles. The largest absolute Gasteiger partial charge is 0.446 e. The topological polar surface area (TPSA) is 84.2 Å². The van der Waals surface area contributed by atoms with E-state index in [1.165, 1.54) is 17.4 Å². The highest BCUT2D eigenvalue weighted by Gasteiger charge is 2.22. The van der Waals surface area contributed by atoms with Crippen LogP contribution in [0.5, 0.6) is 0 Å². The second-order valence-electron chi connectivity index (χ2n) is 5.64. The average Bonchev–Trinajstić information content (AvgIpc) is 2.97. The molecule has 0 aliphatic carbocycles. The van der Waals surface area contributed by atoms with Gasteiger partial charge < -0.3 is 9.73 Å². The Kier molecular flexibility index (Phi) is 4.40. The fraction of sp³-hybridized carbons (Fsp3) is 0.462. The van der Waals surface area contributed by atoms with Gasteiger partial charge in [0.1, 0.15) is 5.76 Å². The highest BCUT2D eigenvalue weighted by atomic mass is 32.2. The van der Waals surface area contributed by atoms with Crippen LogP contribution in [0.2, 0.25) is 0 Å². The van der Waals surface area contributed by atoms with E-state index in [0.29, 0.717) is 17.4 Å². The van der Waals surface area contributed by atoms with Crippen LogP contribution < -0.4 is 10.0 Å². The van der Waals surface area contributed by atoms with E-state index in [0.717, 1.165) is 5.69 Å². The highest BCUT2D eigenvalue weighted by Crippen LogP contribution is 2.28. The predicted octanol–water partition coefficient (Wildman–Crippen LogP) is 2.55. The van der Waals surface area contributed by atoms with Crippen LogP contribution in [-0.2, 0) is 22.0 Å². The second kappa shape index (κ2) is 5.78. The summed E-state index contributed by atoms with van der Waals surface area (Å²) < 4.78 is 32.2. The molecule has 0 spiro atoms. The molecule has 0 saturated carbocycles. The second-order valence-corrected chi connectivity index (χ2v) is 8.12. The number of thiazole rings is 1. The van der Waals surface area contributed by atoms with Crippen molar-refractivity contribution in [1.82, 2.24) is 10.3 Å². The van der Waals surface area contributed by atoms with Crippen molar-refractivity contribution < 1.29 is 12.8 Å². The molecule has 21 heavy (non-hydrogen) atoms. The molecule has 2 aromatic rings. The van der Waals surface area contributed by atoms with Crippen molar-refractivity contribution in [2.45, 2.75) is 37.8 Å². The lowest BCUT2D eigenvalue weighted by Gasteiger charge is -2.14. The molecule has 0 aliphatic heterocycles. The molecule has 0 atom stereocenters. The Balaban J connectivity index is 2.18. The monoisotopic (exact) mass is 329 g/mol. The van der Waals surface area contributed by atoms with Crippen LogP contribution >= 0.6 is 11.3 Å². The Morgan fingerprint density at radius 1 is 1.33 bits per heavy atom. The number of hydrogen-bond acceptors (Lipinski definition) is 6. The Morgan fingerprint density at radius 2 is 2.05 bits per heavy atom. The van der Waals surface area contributed by atoms with Crippen molar-refractivity contribution in [2.24, 2.45) is 0 Å². The molecule has 0 fully saturated rings. The Labute approximate surface area is 128 Å². The van der Waals surface area contributed by atoms with Gasteiger partial charge in [-0.2, -0.15) is 8.42 Å². The fourth-order valence-corrected chi connectivity index (χ4v) is 3.74. The molecule has 0 bridgehead atoms. The molecule has 0 radical (unpaired) electrons. The first-order chi connectivity index (χ1) is 9.72. The summed E-state index contributed by atoms with van der Waals surface area (Å²) >= 11 is 1.26. The third-order valence-electron chi connectivity index (χ3n) is 2.75. The van der Waals surface area contributed by atoms with E-state index in [1.54, 1.807) is 13.1 Å². The summed E-state index contributed by atoms with van der Waals surface area (Å²) in [6.45, 7) is 6.55. The van der Waals surface area contributed by atoms with Crippen LogP contribution in [0.25, 0.3) is 0 Å². The molecule has 2 rings (SSSR count). The number of sulfonamides is 1. The SMILES string of the molecule is CNCc1ccc(S(=O)(=O)Nc2nc(C(C)(C)C)cs2)o1. The van der Waals surface area contributed by atoms with E-state index in [-0.39, 0.29) is 10.5 Å². The maximum Gasteiger partial charge on any atom is 0.297 e. The minimum Gasteiger partial charge on any atom is -0.446 e. The van der Waals surface area contributed by atoms with Crippen molar-refractivity contribution in [1.29, 1.82) is 0 Å². The van der Waals surface area contributed by atoms with Crippen LogP contribution in [0.3, 0.4) is 0 Å². The summed E-state index contributed by atoms with van der Waals surface area (Å²) in [5.41, 5.74) is 0.728. The minimum atomic E-state index is -3.74. The fourth-order valence-electron chi connectivity index (χ4n) is 1.60. The first-order valence-corrected chi connectivity index (χ1v) is 8.81. The first kappa shape index (κ1) is 16.0. The molecule has 6 nitrogen and oxygen atoms in total. The normalized spacial score (nSPS) is 12.6. The van der Waals surface area contributed by atoms with Crippen molar-refractivity contribution in [3.63, 3.8) is 0 Å². The van der Waals surface area contributed by atoms with E-state index in [1.807, 2.05) is 26.2 Å². The average molecular weight is 329 g/mol. The van der Waals surface area contributed by atoms with Crippen LogP contribution in [0.15, 0.2) is 27.0 Å². The molecular weight excluding hydrogens is 310 g/mol. The smallest absolute Gasteiger partial charge is 0.297 e. The third kappa shape index (κ3) is 3.84. The molecule has 0 saturated heterocycles. The van der Waals surface area contributed by atoms with Gasteiger partial charge in [0.25, 0.3) is 10.0 Å². The molecular formula is C13H19N3O3S2. The van der Waals surface area contributed by atoms with Crippen molar-refractivity contribution in [2.75, 3.05) is 11.8 Å². The number of furan rings is 1. The number of rotatable bonds is 5. The summed E-state index contributed by atoms with van der Waals surface area (Å²) in [5, 5.41) is 4.98. The third-order valence-corrected chi connectivity index (χ3v) is 4.85. The van der Waals surface area contributed by atoms with Crippen LogP contribution in [0.4, 0.5) is 5.13 Å². The highest BCUT2D eigenvalue weighted by molar-refractivity contribution is 7.92. The Hall–Kier alpha value is -1.38. The van der Waals surface area contributed by atoms with Gasteiger partial charge in [-0.25, -0.2) is 4.98 Å². The van der Waals surface area contributed by atoms with Gasteiger partial charge in [0.2, 0.25) is 5.09 Å². The lowest BCUT2D eigenvalue weighted by atomic mass is 9.93. The molecule has 0 amide bonds. The summed E-state index contributed by atoms with van der Waals surface area (Å²) in [6, 6.07) is 3.07. The molecule has 2 N–H and O–H groups in total. The molecule has 2 aromatic heterocycles. The van der Waals surface area contributed by atoms with Crippen molar-refractivity contribution in [3.8, 4) is 0 Å². The van der Waals surface area contributed by atoms with Crippen LogP contribution in [0, 0.1) is 0 Å². The summed E-state index contributed by atoms with van der Waals surface area (Å²) in [4.78, 5) is 4.31.